The number of halogens is 1. The number of hydrogen-bond acceptors (Lipinski definition) is 10. The summed E-state index contributed by atoms with van der Waals surface area (Å²) in [6, 6.07) is 12.7. The molecule has 0 radical (unpaired) electrons. The molecule has 1 fully saturated rings. The summed E-state index contributed by atoms with van der Waals surface area (Å²) in [5.41, 5.74) is 1.84. The smallest absolute Gasteiger partial charge is 0.331 e. The van der Waals surface area contributed by atoms with Gasteiger partial charge in [-0.2, -0.15) is 9.29 Å². The number of sulfonamides is 1. The van der Waals surface area contributed by atoms with Gasteiger partial charge >= 0.3 is 7.60 Å². The van der Waals surface area contributed by atoms with Crippen LogP contribution in [0.5, 0.6) is 0 Å². The van der Waals surface area contributed by atoms with Crippen molar-refractivity contribution in [2.24, 2.45) is 0 Å². The van der Waals surface area contributed by atoms with Gasteiger partial charge in [-0.05, 0) is 101 Å². The number of rotatable bonds is 14. The molecular weight excluding hydrogens is 594 g/mol. The van der Waals surface area contributed by atoms with Gasteiger partial charge in [0.15, 0.2) is 0 Å². The van der Waals surface area contributed by atoms with Crippen LogP contribution in [0.15, 0.2) is 59.6 Å². The summed E-state index contributed by atoms with van der Waals surface area (Å²) in [7, 11) is -5.20. The zero-order chi connectivity index (χ0) is 31.0. The second-order valence-corrected chi connectivity index (χ2v) is 14.5. The molecule has 0 atom stereocenters. The second kappa shape index (κ2) is 14.7. The van der Waals surface area contributed by atoms with Crippen molar-refractivity contribution in [3.8, 4) is 0 Å². The van der Waals surface area contributed by atoms with Crippen LogP contribution in [-0.2, 0) is 23.6 Å². The number of aryl methyl sites for hydroxylation is 1. The Morgan fingerprint density at radius 2 is 1.67 bits per heavy atom. The van der Waals surface area contributed by atoms with Crippen LogP contribution < -0.4 is 10.6 Å². The Morgan fingerprint density at radius 1 is 1.02 bits per heavy atom. The number of piperidine rings is 1. The van der Waals surface area contributed by atoms with E-state index in [1.807, 2.05) is 0 Å². The third-order valence-corrected chi connectivity index (χ3v) is 11.3. The van der Waals surface area contributed by atoms with Crippen LogP contribution in [-0.4, -0.2) is 79.7 Å². The molecule has 0 bridgehead atoms. The van der Waals surface area contributed by atoms with Crippen molar-refractivity contribution in [3.05, 3.63) is 66.1 Å². The molecule has 2 N–H and O–H groups in total. The first kappa shape index (κ1) is 33.0. The van der Waals surface area contributed by atoms with E-state index in [0.717, 1.165) is 0 Å². The van der Waals surface area contributed by atoms with Crippen molar-refractivity contribution in [2.45, 2.75) is 44.6 Å². The summed E-state index contributed by atoms with van der Waals surface area (Å²) in [4.78, 5) is 11.0. The lowest BCUT2D eigenvalue weighted by atomic mass is 10.1. The maximum absolute atomic E-state index is 13.6. The van der Waals surface area contributed by atoms with Gasteiger partial charge in [0.2, 0.25) is 16.0 Å². The first-order valence-corrected chi connectivity index (χ1v) is 17.5. The number of nitrogens with one attached hydrogen (secondary N) is 2. The molecule has 3 aromatic rings. The fourth-order valence-electron chi connectivity index (χ4n) is 4.89. The van der Waals surface area contributed by atoms with Gasteiger partial charge in [0, 0.05) is 37.2 Å². The molecule has 2 heterocycles. The quantitative estimate of drug-likeness (QED) is 0.211. The van der Waals surface area contributed by atoms with Gasteiger partial charge in [0.25, 0.3) is 0 Å². The van der Waals surface area contributed by atoms with Crippen molar-refractivity contribution in [3.63, 3.8) is 0 Å². The Bertz CT molecular complexity index is 1510. The lowest BCUT2D eigenvalue weighted by Gasteiger charge is -2.36. The molecule has 234 valence electrons. The van der Waals surface area contributed by atoms with Crippen LogP contribution in [0.1, 0.15) is 32.3 Å². The fourth-order valence-corrected chi connectivity index (χ4v) is 7.95. The normalized spacial score (nSPS) is 15.1. The summed E-state index contributed by atoms with van der Waals surface area (Å²) in [6.07, 6.45) is 3.24. The van der Waals surface area contributed by atoms with E-state index in [1.165, 1.54) is 10.4 Å². The van der Waals surface area contributed by atoms with Crippen molar-refractivity contribution >= 4 is 40.8 Å². The van der Waals surface area contributed by atoms with Crippen molar-refractivity contribution in [2.75, 3.05) is 56.7 Å². The zero-order valence-electron chi connectivity index (χ0n) is 25.0. The Balaban J connectivity index is 1.32. The van der Waals surface area contributed by atoms with Gasteiger partial charge in [-0.15, -0.1) is 0 Å². The Morgan fingerprint density at radius 3 is 2.30 bits per heavy atom. The van der Waals surface area contributed by atoms with Gasteiger partial charge in [-0.1, -0.05) is 0 Å². The van der Waals surface area contributed by atoms with Gasteiger partial charge in [-0.25, -0.2) is 17.8 Å². The van der Waals surface area contributed by atoms with Crippen LogP contribution in [0.3, 0.4) is 0 Å². The van der Waals surface area contributed by atoms with Crippen LogP contribution in [0.25, 0.3) is 0 Å². The molecule has 14 heteroatoms. The SMILES string of the molecule is CCOP(=O)(CCN1CCC(N(C)S(=O)(=O)c2ccc(Nc3nccc(Nc4ccc(F)c(C)c4)n3)cc2)CC1)OCC. The lowest BCUT2D eigenvalue weighted by molar-refractivity contribution is 0.169. The van der Waals surface area contributed by atoms with Gasteiger partial charge in [0.1, 0.15) is 11.6 Å². The Hall–Kier alpha value is -2.93. The van der Waals surface area contributed by atoms with E-state index in [9.17, 15) is 17.4 Å². The topological polar surface area (TPSA) is 126 Å². The maximum atomic E-state index is 13.6. The van der Waals surface area contributed by atoms with E-state index < -0.39 is 17.6 Å². The summed E-state index contributed by atoms with van der Waals surface area (Å²) in [5.74, 6) is 0.563. The largest absolute Gasteiger partial charge is 0.340 e. The average molecular weight is 635 g/mol. The molecule has 0 amide bonds. The predicted molar refractivity (Wildman–Crippen MR) is 166 cm³/mol. The minimum Gasteiger partial charge on any atom is -0.340 e. The van der Waals surface area contributed by atoms with Gasteiger partial charge in [0.05, 0.1) is 24.3 Å². The van der Waals surface area contributed by atoms with Crippen LogP contribution in [0, 0.1) is 12.7 Å². The molecule has 0 spiro atoms. The van der Waals surface area contributed by atoms with Crippen LogP contribution >= 0.6 is 7.60 Å². The van der Waals surface area contributed by atoms with Crippen LogP contribution in [0.2, 0.25) is 0 Å². The van der Waals surface area contributed by atoms with Crippen molar-refractivity contribution in [1.29, 1.82) is 0 Å². The summed E-state index contributed by atoms with van der Waals surface area (Å²) in [6.45, 7) is 7.90. The lowest BCUT2D eigenvalue weighted by Crippen LogP contribution is -2.46. The van der Waals surface area contributed by atoms with Gasteiger partial charge in [-0.3, -0.25) is 4.57 Å². The number of nitrogens with zero attached hydrogens (tertiary/aromatic N) is 4. The molecule has 4 rings (SSSR count). The molecule has 1 aliphatic rings. The molecule has 11 nitrogen and oxygen atoms in total. The molecule has 43 heavy (non-hydrogen) atoms. The zero-order valence-corrected chi connectivity index (χ0v) is 26.7. The minimum absolute atomic E-state index is 0.141. The van der Waals surface area contributed by atoms with E-state index in [1.54, 1.807) is 76.5 Å². The fraction of sp³-hybridized carbons (Fsp3) is 0.448. The standard InChI is InChI=1S/C29H40FN6O5PS/c1-5-40-42(37,41-6-2)20-19-36-17-14-25(15-18-36)35(4)43(38,39)26-10-7-23(8-11-26)33-29-31-16-13-28(34-29)32-24-9-12-27(30)22(3)21-24/h7-13,16,21,25H,5-6,14-15,17-20H2,1-4H3,(H2,31,32,33,34). The third-order valence-electron chi connectivity index (χ3n) is 7.29. The first-order valence-electron chi connectivity index (χ1n) is 14.3. The van der Waals surface area contributed by atoms with E-state index in [4.69, 9.17) is 9.05 Å². The molecule has 0 aliphatic carbocycles. The average Bonchev–Trinajstić information content (AvgIpc) is 2.99. The van der Waals surface area contributed by atoms with E-state index >= 15 is 0 Å². The molecule has 0 saturated carbocycles. The second-order valence-electron chi connectivity index (χ2n) is 10.3. The highest BCUT2D eigenvalue weighted by molar-refractivity contribution is 7.89. The maximum Gasteiger partial charge on any atom is 0.331 e. The molecular formula is C29H40FN6O5PS. The summed E-state index contributed by atoms with van der Waals surface area (Å²) < 4.78 is 65.4. The number of anilines is 4. The number of hydrogen-bond donors (Lipinski definition) is 2. The highest BCUT2D eigenvalue weighted by atomic mass is 32.2. The number of benzene rings is 2. The molecule has 0 unspecified atom stereocenters. The monoisotopic (exact) mass is 634 g/mol. The highest BCUT2D eigenvalue weighted by Crippen LogP contribution is 2.47. The highest BCUT2D eigenvalue weighted by Gasteiger charge is 2.32. The summed E-state index contributed by atoms with van der Waals surface area (Å²) >= 11 is 0. The predicted octanol–water partition coefficient (Wildman–Crippen LogP) is 5.76. The van der Waals surface area contributed by atoms with Crippen molar-refractivity contribution in [1.82, 2.24) is 19.2 Å². The Kier molecular flexibility index (Phi) is 11.3. The molecule has 1 saturated heterocycles. The molecule has 1 aromatic heterocycles. The first-order chi connectivity index (χ1) is 20.5. The summed E-state index contributed by atoms with van der Waals surface area (Å²) in [5, 5.41) is 6.22. The molecule has 1 aliphatic heterocycles. The van der Waals surface area contributed by atoms with Crippen molar-refractivity contribution < 1.29 is 26.4 Å². The van der Waals surface area contributed by atoms with E-state index in [2.05, 4.69) is 25.5 Å². The minimum atomic E-state index is -3.71. The Labute approximate surface area is 253 Å². The van der Waals surface area contributed by atoms with E-state index in [-0.39, 0.29) is 16.8 Å². The van der Waals surface area contributed by atoms with Gasteiger partial charge < -0.3 is 24.6 Å². The third kappa shape index (κ3) is 8.81. The molecule has 2 aromatic carbocycles. The van der Waals surface area contributed by atoms with Crippen LogP contribution in [0.4, 0.5) is 27.5 Å². The number of aromatic nitrogens is 2. The number of likely N-dealkylation sites (tertiary alicyclic amines) is 1. The van der Waals surface area contributed by atoms with E-state index in [0.29, 0.717) is 80.6 Å².